The van der Waals surface area contributed by atoms with Crippen LogP contribution in [0.1, 0.15) is 5.82 Å². The van der Waals surface area contributed by atoms with Gasteiger partial charge in [-0.25, -0.2) is 9.67 Å². The van der Waals surface area contributed by atoms with E-state index < -0.39 is 0 Å². The Labute approximate surface area is 92.5 Å². The lowest BCUT2D eigenvalue weighted by Crippen LogP contribution is -1.96. The Hall–Kier alpha value is -1.55. The van der Waals surface area contributed by atoms with Crippen LogP contribution in [0.4, 0.5) is 0 Å². The van der Waals surface area contributed by atoms with E-state index in [4.69, 9.17) is 16.3 Å². The molecule has 0 saturated carbocycles. The molecule has 0 spiro atoms. The Bertz CT molecular complexity index is 481. The summed E-state index contributed by atoms with van der Waals surface area (Å²) in [7, 11) is 1.60. The monoisotopic (exact) mass is 223 g/mol. The van der Waals surface area contributed by atoms with Crippen LogP contribution in [0.3, 0.4) is 0 Å². The van der Waals surface area contributed by atoms with Crippen molar-refractivity contribution in [1.82, 2.24) is 14.8 Å². The summed E-state index contributed by atoms with van der Waals surface area (Å²) in [6.45, 7) is 1.83. The molecule has 0 unspecified atom stereocenters. The number of benzene rings is 1. The second-order valence-corrected chi connectivity index (χ2v) is 3.46. The Morgan fingerprint density at radius 1 is 1.40 bits per heavy atom. The maximum absolute atomic E-state index is 6.08. The predicted octanol–water partition coefficient (Wildman–Crippen LogP) is 2.24. The Morgan fingerprint density at radius 2 is 2.20 bits per heavy atom. The predicted molar refractivity (Wildman–Crippen MR) is 57.7 cm³/mol. The molecule has 0 N–H and O–H groups in total. The van der Waals surface area contributed by atoms with Crippen molar-refractivity contribution in [2.75, 3.05) is 7.11 Å². The highest BCUT2D eigenvalue weighted by atomic mass is 35.5. The second kappa shape index (κ2) is 3.90. The third-order valence-corrected chi connectivity index (χ3v) is 2.31. The van der Waals surface area contributed by atoms with Crippen molar-refractivity contribution in [2.45, 2.75) is 6.92 Å². The molecule has 0 amide bonds. The van der Waals surface area contributed by atoms with Crippen LogP contribution in [0.5, 0.6) is 5.75 Å². The number of ether oxygens (including phenoxy) is 1. The van der Waals surface area contributed by atoms with E-state index in [1.165, 1.54) is 0 Å². The molecule has 1 aromatic heterocycles. The normalized spacial score (nSPS) is 10.3. The van der Waals surface area contributed by atoms with Gasteiger partial charge < -0.3 is 4.74 Å². The second-order valence-electron chi connectivity index (χ2n) is 3.05. The standard InChI is InChI=1S/C10H10ClN3O/c1-7-12-6-14(13-7)10-4-3-8(15-2)5-9(10)11/h3-6H,1-2H3. The largest absolute Gasteiger partial charge is 0.497 e. The topological polar surface area (TPSA) is 39.9 Å². The van der Waals surface area contributed by atoms with Crippen LogP contribution in [-0.4, -0.2) is 21.9 Å². The number of rotatable bonds is 2. The molecule has 1 heterocycles. The summed E-state index contributed by atoms with van der Waals surface area (Å²) in [5, 5.41) is 4.76. The van der Waals surface area contributed by atoms with E-state index in [-0.39, 0.29) is 0 Å². The fourth-order valence-electron chi connectivity index (χ4n) is 1.26. The van der Waals surface area contributed by atoms with Gasteiger partial charge in [-0.15, -0.1) is 0 Å². The third kappa shape index (κ3) is 1.94. The van der Waals surface area contributed by atoms with Gasteiger partial charge in [-0.2, -0.15) is 5.10 Å². The summed E-state index contributed by atoms with van der Waals surface area (Å²) in [6.07, 6.45) is 1.63. The van der Waals surface area contributed by atoms with Crippen molar-refractivity contribution in [3.63, 3.8) is 0 Å². The first-order valence-corrected chi connectivity index (χ1v) is 4.80. The lowest BCUT2D eigenvalue weighted by Gasteiger charge is -2.05. The summed E-state index contributed by atoms with van der Waals surface area (Å²) in [6, 6.07) is 5.42. The van der Waals surface area contributed by atoms with E-state index in [1.54, 1.807) is 24.2 Å². The van der Waals surface area contributed by atoms with Gasteiger partial charge in [0.2, 0.25) is 0 Å². The molecule has 0 atom stereocenters. The smallest absolute Gasteiger partial charge is 0.147 e. The zero-order valence-electron chi connectivity index (χ0n) is 8.44. The number of halogens is 1. The highest BCUT2D eigenvalue weighted by Gasteiger charge is 2.05. The van der Waals surface area contributed by atoms with Crippen LogP contribution in [0.25, 0.3) is 5.69 Å². The third-order valence-electron chi connectivity index (χ3n) is 2.01. The number of aryl methyl sites for hydroxylation is 1. The van der Waals surface area contributed by atoms with Gasteiger partial charge in [-0.05, 0) is 19.1 Å². The molecular formula is C10H10ClN3O. The minimum absolute atomic E-state index is 0.583. The van der Waals surface area contributed by atoms with Crippen molar-refractivity contribution >= 4 is 11.6 Å². The van der Waals surface area contributed by atoms with Crippen molar-refractivity contribution in [1.29, 1.82) is 0 Å². The molecule has 4 nitrogen and oxygen atoms in total. The van der Waals surface area contributed by atoms with Crippen LogP contribution in [-0.2, 0) is 0 Å². The average Bonchev–Trinajstić information content (AvgIpc) is 2.64. The molecule has 1 aromatic carbocycles. The van der Waals surface area contributed by atoms with Gasteiger partial charge in [0.25, 0.3) is 0 Å². The molecule has 0 aliphatic carbocycles. The van der Waals surface area contributed by atoms with Gasteiger partial charge in [-0.1, -0.05) is 11.6 Å². The van der Waals surface area contributed by atoms with Crippen LogP contribution in [0.2, 0.25) is 5.02 Å². The molecule has 2 rings (SSSR count). The van der Waals surface area contributed by atoms with Crippen LogP contribution in [0.15, 0.2) is 24.5 Å². The first-order valence-electron chi connectivity index (χ1n) is 4.43. The molecule has 2 aromatic rings. The van der Waals surface area contributed by atoms with E-state index in [9.17, 15) is 0 Å². The van der Waals surface area contributed by atoms with Crippen molar-refractivity contribution < 1.29 is 4.74 Å². The Kier molecular flexibility index (Phi) is 2.60. The lowest BCUT2D eigenvalue weighted by molar-refractivity contribution is 0.414. The molecule has 15 heavy (non-hydrogen) atoms. The summed E-state index contributed by atoms with van der Waals surface area (Å²) < 4.78 is 6.70. The quantitative estimate of drug-likeness (QED) is 0.784. The number of nitrogens with zero attached hydrogens (tertiary/aromatic N) is 3. The van der Waals surface area contributed by atoms with E-state index in [0.29, 0.717) is 10.8 Å². The molecule has 0 saturated heterocycles. The van der Waals surface area contributed by atoms with Gasteiger partial charge in [0, 0.05) is 6.07 Å². The maximum atomic E-state index is 6.08. The molecule has 0 aliphatic heterocycles. The number of methoxy groups -OCH3 is 1. The zero-order valence-corrected chi connectivity index (χ0v) is 9.19. The highest BCUT2D eigenvalue weighted by Crippen LogP contribution is 2.24. The fourth-order valence-corrected chi connectivity index (χ4v) is 1.52. The molecule has 0 radical (unpaired) electrons. The minimum Gasteiger partial charge on any atom is -0.497 e. The van der Waals surface area contributed by atoms with Gasteiger partial charge in [0.1, 0.15) is 17.9 Å². The molecule has 0 fully saturated rings. The van der Waals surface area contributed by atoms with Crippen LogP contribution < -0.4 is 4.74 Å². The van der Waals surface area contributed by atoms with Crippen LogP contribution >= 0.6 is 11.6 Å². The van der Waals surface area contributed by atoms with E-state index >= 15 is 0 Å². The SMILES string of the molecule is COc1ccc(-n2cnc(C)n2)c(Cl)c1. The van der Waals surface area contributed by atoms with Crippen molar-refractivity contribution in [3.8, 4) is 11.4 Å². The fraction of sp³-hybridized carbons (Fsp3) is 0.200. The van der Waals surface area contributed by atoms with Gasteiger partial charge >= 0.3 is 0 Å². The first kappa shape index (κ1) is 9.98. The molecule has 78 valence electrons. The van der Waals surface area contributed by atoms with E-state index in [0.717, 1.165) is 11.4 Å². The Morgan fingerprint density at radius 3 is 2.73 bits per heavy atom. The van der Waals surface area contributed by atoms with Gasteiger partial charge in [-0.3, -0.25) is 0 Å². The van der Waals surface area contributed by atoms with E-state index in [2.05, 4.69) is 10.1 Å². The highest BCUT2D eigenvalue weighted by molar-refractivity contribution is 6.32. The maximum Gasteiger partial charge on any atom is 0.147 e. The van der Waals surface area contributed by atoms with Crippen LogP contribution in [0, 0.1) is 6.92 Å². The first-order chi connectivity index (χ1) is 7.20. The summed E-state index contributed by atoms with van der Waals surface area (Å²) in [4.78, 5) is 4.04. The molecule has 5 heteroatoms. The molecule has 0 aliphatic rings. The van der Waals surface area contributed by atoms with E-state index in [1.807, 2.05) is 19.1 Å². The summed E-state index contributed by atoms with van der Waals surface area (Å²) in [5.41, 5.74) is 0.790. The van der Waals surface area contributed by atoms with Crippen molar-refractivity contribution in [2.24, 2.45) is 0 Å². The number of hydrogen-bond acceptors (Lipinski definition) is 3. The van der Waals surface area contributed by atoms with Crippen molar-refractivity contribution in [3.05, 3.63) is 35.4 Å². The zero-order chi connectivity index (χ0) is 10.8. The summed E-state index contributed by atoms with van der Waals surface area (Å²) in [5.74, 6) is 1.43. The minimum atomic E-state index is 0.583. The Balaban J connectivity index is 2.45. The number of aromatic nitrogens is 3. The molecular weight excluding hydrogens is 214 g/mol. The molecule has 0 bridgehead atoms. The number of hydrogen-bond donors (Lipinski definition) is 0. The lowest BCUT2D eigenvalue weighted by atomic mass is 10.3. The summed E-state index contributed by atoms with van der Waals surface area (Å²) >= 11 is 6.08. The average molecular weight is 224 g/mol. The van der Waals surface area contributed by atoms with Gasteiger partial charge in [0.05, 0.1) is 17.8 Å². The van der Waals surface area contributed by atoms with Gasteiger partial charge in [0.15, 0.2) is 0 Å².